The van der Waals surface area contributed by atoms with E-state index in [1.807, 2.05) is 48.5 Å². The van der Waals surface area contributed by atoms with Crippen molar-refractivity contribution in [1.82, 2.24) is 10.2 Å². The summed E-state index contributed by atoms with van der Waals surface area (Å²) in [4.78, 5) is 26.2. The summed E-state index contributed by atoms with van der Waals surface area (Å²) >= 11 is 0. The van der Waals surface area contributed by atoms with E-state index in [-0.39, 0.29) is 6.54 Å². The fourth-order valence-electron chi connectivity index (χ4n) is 3.45. The largest absolute Gasteiger partial charge is 0.493 e. The molecular weight excluding hydrogens is 384 g/mol. The van der Waals surface area contributed by atoms with Gasteiger partial charge in [0.1, 0.15) is 5.75 Å². The number of rotatable bonds is 8. The topological polar surface area (TPSA) is 99.1 Å². The highest BCUT2D eigenvalue weighted by Crippen LogP contribution is 2.29. The average molecular weight is 410 g/mol. The predicted molar refractivity (Wildman–Crippen MR) is 109 cm³/mol. The van der Waals surface area contributed by atoms with Crippen LogP contribution in [0, 0.1) is 5.92 Å². The quantitative estimate of drug-likeness (QED) is 0.610. The molecule has 7 nitrogen and oxygen atoms in total. The minimum absolute atomic E-state index is 0.175. The molecule has 0 aromatic heterocycles. The SMILES string of the molecule is O=C(NCc1ccc(OCC2CC2)cc1)[C@H](O)[C@@H](O)C(=O)N1Cc2ccccc2C1. The standard InChI is InChI=1S/C23H26N2O5/c26-20(21(27)23(29)25-12-17-3-1-2-4-18(17)13-25)22(28)24-11-15-7-9-19(10-8-15)30-14-16-5-6-16/h1-4,7-10,16,20-21,26-27H,5-6,11-14H2,(H,24,28)/t20-,21-/m1/s1. The molecule has 3 N–H and O–H groups in total. The van der Waals surface area contributed by atoms with E-state index in [0.717, 1.165) is 29.0 Å². The van der Waals surface area contributed by atoms with Crippen molar-refractivity contribution >= 4 is 11.8 Å². The van der Waals surface area contributed by atoms with Gasteiger partial charge in [0.05, 0.1) is 6.61 Å². The second kappa shape index (κ2) is 8.85. The molecule has 7 heteroatoms. The molecule has 4 rings (SSSR count). The van der Waals surface area contributed by atoms with Crippen molar-refractivity contribution in [2.75, 3.05) is 6.61 Å². The Labute approximate surface area is 175 Å². The first-order chi connectivity index (χ1) is 14.5. The molecule has 1 aliphatic heterocycles. The number of carbonyl (C=O) groups excluding carboxylic acids is 2. The number of carbonyl (C=O) groups is 2. The maximum Gasteiger partial charge on any atom is 0.255 e. The van der Waals surface area contributed by atoms with E-state index < -0.39 is 24.0 Å². The van der Waals surface area contributed by atoms with Gasteiger partial charge >= 0.3 is 0 Å². The Balaban J connectivity index is 1.25. The highest BCUT2D eigenvalue weighted by Gasteiger charge is 2.35. The number of hydrogen-bond acceptors (Lipinski definition) is 5. The monoisotopic (exact) mass is 410 g/mol. The first-order valence-electron chi connectivity index (χ1n) is 10.2. The van der Waals surface area contributed by atoms with Crippen LogP contribution in [0.15, 0.2) is 48.5 Å². The van der Waals surface area contributed by atoms with E-state index in [2.05, 4.69) is 5.32 Å². The van der Waals surface area contributed by atoms with E-state index >= 15 is 0 Å². The number of fused-ring (bicyclic) bond motifs is 1. The van der Waals surface area contributed by atoms with Crippen molar-refractivity contribution in [3.63, 3.8) is 0 Å². The molecule has 158 valence electrons. The third kappa shape index (κ3) is 4.80. The van der Waals surface area contributed by atoms with Crippen molar-refractivity contribution in [3.8, 4) is 5.75 Å². The molecule has 1 heterocycles. The molecular formula is C23H26N2O5. The summed E-state index contributed by atoms with van der Waals surface area (Å²) in [6.07, 6.45) is -1.18. The zero-order valence-corrected chi connectivity index (χ0v) is 16.7. The smallest absolute Gasteiger partial charge is 0.255 e. The lowest BCUT2D eigenvalue weighted by Crippen LogP contribution is -2.49. The first-order valence-corrected chi connectivity index (χ1v) is 10.2. The molecule has 30 heavy (non-hydrogen) atoms. The van der Waals surface area contributed by atoms with Gasteiger partial charge in [0.15, 0.2) is 12.2 Å². The van der Waals surface area contributed by atoms with Gasteiger partial charge in [-0.1, -0.05) is 36.4 Å². The number of hydrogen-bond donors (Lipinski definition) is 3. The number of aliphatic hydroxyl groups is 2. The van der Waals surface area contributed by atoms with Gasteiger partial charge in [-0.2, -0.15) is 0 Å². The van der Waals surface area contributed by atoms with Crippen molar-refractivity contribution < 1.29 is 24.5 Å². The van der Waals surface area contributed by atoms with Crippen LogP contribution in [0.2, 0.25) is 0 Å². The van der Waals surface area contributed by atoms with Crippen molar-refractivity contribution in [2.45, 2.75) is 44.7 Å². The van der Waals surface area contributed by atoms with E-state index in [1.54, 1.807) is 0 Å². The molecule has 1 aliphatic carbocycles. The van der Waals surface area contributed by atoms with Crippen LogP contribution in [-0.2, 0) is 29.2 Å². The average Bonchev–Trinajstić information content (AvgIpc) is 3.51. The van der Waals surface area contributed by atoms with E-state index in [0.29, 0.717) is 19.0 Å². The van der Waals surface area contributed by atoms with Gasteiger partial charge in [-0.25, -0.2) is 0 Å². The van der Waals surface area contributed by atoms with Gasteiger partial charge in [0.25, 0.3) is 11.8 Å². The van der Waals surface area contributed by atoms with Crippen LogP contribution in [0.4, 0.5) is 0 Å². The van der Waals surface area contributed by atoms with Crippen LogP contribution in [0.5, 0.6) is 5.75 Å². The minimum Gasteiger partial charge on any atom is -0.493 e. The summed E-state index contributed by atoms with van der Waals surface area (Å²) in [5, 5.41) is 22.9. The lowest BCUT2D eigenvalue weighted by Gasteiger charge is -2.22. The second-order valence-corrected chi connectivity index (χ2v) is 7.97. The highest BCUT2D eigenvalue weighted by atomic mass is 16.5. The summed E-state index contributed by atoms with van der Waals surface area (Å²) < 4.78 is 5.68. The lowest BCUT2D eigenvalue weighted by atomic mass is 10.1. The molecule has 1 fully saturated rings. The number of nitrogens with one attached hydrogen (secondary N) is 1. The minimum atomic E-state index is -1.83. The maximum atomic E-state index is 12.5. The Kier molecular flexibility index (Phi) is 6.01. The molecule has 0 radical (unpaired) electrons. The van der Waals surface area contributed by atoms with Gasteiger partial charge in [0, 0.05) is 19.6 Å². The summed E-state index contributed by atoms with van der Waals surface area (Å²) in [6.45, 7) is 1.62. The first kappa shape index (κ1) is 20.4. The number of nitrogens with zero attached hydrogens (tertiary/aromatic N) is 1. The van der Waals surface area contributed by atoms with E-state index in [4.69, 9.17) is 4.74 Å². The number of aliphatic hydroxyl groups excluding tert-OH is 2. The summed E-state index contributed by atoms with van der Waals surface area (Å²) in [6, 6.07) is 14.9. The van der Waals surface area contributed by atoms with Crippen LogP contribution in [0.3, 0.4) is 0 Å². The van der Waals surface area contributed by atoms with Crippen LogP contribution < -0.4 is 10.1 Å². The van der Waals surface area contributed by atoms with Crippen molar-refractivity contribution in [2.24, 2.45) is 5.92 Å². The van der Waals surface area contributed by atoms with Gasteiger partial charge in [-0.15, -0.1) is 0 Å². The normalized spacial score (nSPS) is 17.2. The van der Waals surface area contributed by atoms with Crippen LogP contribution >= 0.6 is 0 Å². The van der Waals surface area contributed by atoms with Crippen LogP contribution in [0.1, 0.15) is 29.5 Å². The Morgan fingerprint density at radius 1 is 1.00 bits per heavy atom. The van der Waals surface area contributed by atoms with Crippen molar-refractivity contribution in [3.05, 3.63) is 65.2 Å². The molecule has 1 saturated carbocycles. The van der Waals surface area contributed by atoms with E-state index in [9.17, 15) is 19.8 Å². The van der Waals surface area contributed by atoms with Gasteiger partial charge < -0.3 is 25.2 Å². The van der Waals surface area contributed by atoms with Gasteiger partial charge in [-0.05, 0) is 47.6 Å². The summed E-state index contributed by atoms with van der Waals surface area (Å²) in [5.74, 6) is 0.00610. The molecule has 0 unspecified atom stereocenters. The molecule has 0 saturated heterocycles. The number of benzene rings is 2. The zero-order valence-electron chi connectivity index (χ0n) is 16.7. The third-order valence-corrected chi connectivity index (χ3v) is 5.55. The number of ether oxygens (including phenoxy) is 1. The molecule has 2 aromatic carbocycles. The Hall–Kier alpha value is -2.90. The molecule has 0 spiro atoms. The lowest BCUT2D eigenvalue weighted by molar-refractivity contribution is -0.153. The van der Waals surface area contributed by atoms with Gasteiger partial charge in [0.2, 0.25) is 0 Å². The molecule has 2 amide bonds. The third-order valence-electron chi connectivity index (χ3n) is 5.55. The Bertz CT molecular complexity index is 885. The molecule has 2 atom stereocenters. The zero-order chi connectivity index (χ0) is 21.1. The van der Waals surface area contributed by atoms with Crippen molar-refractivity contribution in [1.29, 1.82) is 0 Å². The van der Waals surface area contributed by atoms with E-state index in [1.165, 1.54) is 17.7 Å². The summed E-state index contributed by atoms with van der Waals surface area (Å²) in [5.41, 5.74) is 2.83. The van der Waals surface area contributed by atoms with Crippen LogP contribution in [-0.4, -0.2) is 45.7 Å². The highest BCUT2D eigenvalue weighted by molar-refractivity contribution is 5.90. The van der Waals surface area contributed by atoms with Gasteiger partial charge in [-0.3, -0.25) is 9.59 Å². The molecule has 2 aliphatic rings. The molecule has 0 bridgehead atoms. The Morgan fingerprint density at radius 2 is 1.63 bits per heavy atom. The number of amides is 2. The van der Waals surface area contributed by atoms with Crippen LogP contribution in [0.25, 0.3) is 0 Å². The molecule has 2 aromatic rings. The maximum absolute atomic E-state index is 12.5. The second-order valence-electron chi connectivity index (χ2n) is 7.97. The predicted octanol–water partition coefficient (Wildman–Crippen LogP) is 1.36. The Morgan fingerprint density at radius 3 is 2.23 bits per heavy atom. The summed E-state index contributed by atoms with van der Waals surface area (Å²) in [7, 11) is 0. The fourth-order valence-corrected chi connectivity index (χ4v) is 3.45. The fraction of sp³-hybridized carbons (Fsp3) is 0.391.